The van der Waals surface area contributed by atoms with Crippen LogP contribution in [0.1, 0.15) is 44.7 Å². The van der Waals surface area contributed by atoms with Crippen molar-refractivity contribution >= 4 is 17.6 Å². The van der Waals surface area contributed by atoms with E-state index in [4.69, 9.17) is 9.47 Å². The molecule has 1 aliphatic carbocycles. The Balaban J connectivity index is 1.42. The van der Waals surface area contributed by atoms with E-state index in [1.165, 1.54) is 24.7 Å². The number of rotatable bonds is 8. The fourth-order valence-corrected chi connectivity index (χ4v) is 6.42. The molecule has 0 spiro atoms. The van der Waals surface area contributed by atoms with Gasteiger partial charge in [0.1, 0.15) is 23.7 Å². The number of aromatic nitrogens is 1. The summed E-state index contributed by atoms with van der Waals surface area (Å²) < 4.78 is 68.2. The van der Waals surface area contributed by atoms with Crippen LogP contribution in [-0.2, 0) is 35.8 Å². The molecule has 2 atom stereocenters. The smallest absolute Gasteiger partial charge is 0.411 e. The Hall–Kier alpha value is -4.39. The van der Waals surface area contributed by atoms with Gasteiger partial charge in [-0.15, -0.1) is 0 Å². The summed E-state index contributed by atoms with van der Waals surface area (Å²) in [5.74, 6) is -2.97. The van der Waals surface area contributed by atoms with Crippen LogP contribution in [0.5, 0.6) is 5.75 Å². The first-order valence-corrected chi connectivity index (χ1v) is 14.9. The maximum atomic E-state index is 15.4. The lowest BCUT2D eigenvalue weighted by Crippen LogP contribution is -2.53. The predicted molar refractivity (Wildman–Crippen MR) is 162 cm³/mol. The zero-order chi connectivity index (χ0) is 33.5. The van der Waals surface area contributed by atoms with Crippen molar-refractivity contribution in [3.63, 3.8) is 0 Å². The molecule has 5 rings (SSSR count). The lowest BCUT2D eigenvalue weighted by molar-refractivity contribution is -0.167. The number of nitrogens with zero attached hydrogens (tertiary/aromatic N) is 2. The number of hydrogen-bond acceptors (Lipinski definition) is 6. The van der Waals surface area contributed by atoms with Gasteiger partial charge in [0.2, 0.25) is 0 Å². The summed E-state index contributed by atoms with van der Waals surface area (Å²) in [7, 11) is 3.17. The Morgan fingerprint density at radius 1 is 1.15 bits per heavy atom. The van der Waals surface area contributed by atoms with Crippen LogP contribution in [0, 0.1) is 19.7 Å². The molecule has 0 bridgehead atoms. The number of ether oxygens (including phenoxy) is 2. The van der Waals surface area contributed by atoms with Gasteiger partial charge in [-0.25, -0.2) is 9.18 Å². The van der Waals surface area contributed by atoms with Gasteiger partial charge in [0.15, 0.2) is 0 Å². The van der Waals surface area contributed by atoms with Gasteiger partial charge in [0.25, 0.3) is 11.5 Å². The highest BCUT2D eigenvalue weighted by atomic mass is 19.4. The van der Waals surface area contributed by atoms with E-state index < -0.39 is 48.1 Å². The molecular weight excluding hydrogens is 610 g/mol. The Labute approximate surface area is 262 Å². The van der Waals surface area contributed by atoms with E-state index in [1.54, 1.807) is 32.2 Å². The number of halogens is 4. The van der Waals surface area contributed by atoms with Crippen molar-refractivity contribution in [3.05, 3.63) is 80.0 Å². The molecule has 1 aromatic heterocycles. The summed E-state index contributed by atoms with van der Waals surface area (Å²) in [5, 5.41) is 12.4. The minimum atomic E-state index is -4.62. The topological polar surface area (TPSA) is 110 Å². The first kappa shape index (κ1) is 33.0. The molecule has 1 fully saturated rings. The summed E-state index contributed by atoms with van der Waals surface area (Å²) >= 11 is 0. The monoisotopic (exact) mass is 645 g/mol. The van der Waals surface area contributed by atoms with Crippen LogP contribution in [-0.4, -0.2) is 66.7 Å². The zero-order valence-electron chi connectivity index (χ0n) is 25.9. The van der Waals surface area contributed by atoms with E-state index in [0.29, 0.717) is 35.3 Å². The largest absolute Gasteiger partial charge is 0.496 e. The number of hydrogen-bond donors (Lipinski definition) is 2. The fraction of sp³-hybridized carbons (Fsp3) is 0.424. The van der Waals surface area contributed by atoms with E-state index in [-0.39, 0.29) is 36.4 Å². The third-order valence-electron chi connectivity index (χ3n) is 8.87. The second-order valence-electron chi connectivity index (χ2n) is 11.7. The number of amides is 1. The van der Waals surface area contributed by atoms with Crippen LogP contribution < -0.4 is 20.5 Å². The molecule has 246 valence electrons. The Bertz CT molecular complexity index is 1730. The fourth-order valence-electron chi connectivity index (χ4n) is 6.42. The van der Waals surface area contributed by atoms with E-state index in [0.717, 1.165) is 34.2 Å². The number of carboxylic acid groups (broad SMARTS) is 1. The lowest BCUT2D eigenvalue weighted by Gasteiger charge is -2.38. The van der Waals surface area contributed by atoms with Crippen molar-refractivity contribution in [2.75, 3.05) is 31.8 Å². The lowest BCUT2D eigenvalue weighted by atomic mass is 9.91. The van der Waals surface area contributed by atoms with Gasteiger partial charge < -0.3 is 29.4 Å². The number of fused-ring (bicyclic) bond motifs is 1. The molecule has 13 heteroatoms. The van der Waals surface area contributed by atoms with Crippen molar-refractivity contribution in [2.24, 2.45) is 7.05 Å². The first-order valence-electron chi connectivity index (χ1n) is 14.9. The number of nitrogens with one attached hydrogen (secondary N) is 1. The molecule has 1 aliphatic heterocycles. The molecule has 2 N–H and O–H groups in total. The summed E-state index contributed by atoms with van der Waals surface area (Å²) in [4.78, 5) is 39.9. The van der Waals surface area contributed by atoms with Gasteiger partial charge in [-0.3, -0.25) is 9.59 Å². The standard InChI is InChI=1S/C33H35F4N3O6/c1-17-12-20(40-10-11-46-16-27(40)33(35,36)37)15-24(34)28(17)30(41)38-25(32(43)44)14-19-8-9-23(22-7-5-6-21(19)22)29-26(45-4)13-18(2)39(3)31(29)42/h8-9,12-13,15,25,27H,5-7,10-11,14,16H2,1-4H3,(H,38,41)(H,43,44)/t25-,27+/m0/s1. The van der Waals surface area contributed by atoms with E-state index in [9.17, 15) is 32.7 Å². The molecule has 0 saturated carbocycles. The van der Waals surface area contributed by atoms with E-state index in [1.807, 2.05) is 0 Å². The highest BCUT2D eigenvalue weighted by molar-refractivity contribution is 5.98. The van der Waals surface area contributed by atoms with Crippen molar-refractivity contribution in [3.8, 4) is 16.9 Å². The molecule has 1 amide bonds. The summed E-state index contributed by atoms with van der Waals surface area (Å²) in [5.41, 5.74) is 3.65. The van der Waals surface area contributed by atoms with Crippen LogP contribution in [0.25, 0.3) is 11.1 Å². The van der Waals surface area contributed by atoms with Crippen LogP contribution in [0.15, 0.2) is 35.1 Å². The number of carbonyl (C=O) groups is 2. The molecule has 2 aliphatic rings. The number of aliphatic carboxylic acids is 1. The van der Waals surface area contributed by atoms with E-state index >= 15 is 4.39 Å². The molecule has 46 heavy (non-hydrogen) atoms. The van der Waals surface area contributed by atoms with Gasteiger partial charge in [-0.1, -0.05) is 12.1 Å². The maximum Gasteiger partial charge on any atom is 0.411 e. The molecule has 2 heterocycles. The van der Waals surface area contributed by atoms with E-state index in [2.05, 4.69) is 5.32 Å². The maximum absolute atomic E-state index is 15.4. The third-order valence-corrected chi connectivity index (χ3v) is 8.87. The number of carboxylic acids is 1. The number of pyridine rings is 1. The second kappa shape index (κ2) is 12.8. The van der Waals surface area contributed by atoms with Crippen molar-refractivity contribution in [2.45, 2.75) is 57.8 Å². The van der Waals surface area contributed by atoms with Gasteiger partial charge in [-0.2, -0.15) is 13.2 Å². The number of carbonyl (C=O) groups excluding carboxylic acids is 1. The molecular formula is C33H35F4N3O6. The molecule has 1 saturated heterocycles. The highest BCUT2D eigenvalue weighted by Crippen LogP contribution is 2.38. The summed E-state index contributed by atoms with van der Waals surface area (Å²) in [6.07, 6.45) is -2.63. The average Bonchev–Trinajstić information content (AvgIpc) is 3.50. The van der Waals surface area contributed by atoms with Gasteiger partial charge in [0.05, 0.1) is 31.5 Å². The SMILES string of the molecule is COc1cc(C)n(C)c(=O)c1-c1ccc(C[C@H](NC(=O)c2c(C)cc(N3CCOC[C@@H]3C(F)(F)F)cc2F)C(=O)O)c2c1CCC2. The molecule has 3 aromatic rings. The van der Waals surface area contributed by atoms with Gasteiger partial charge >= 0.3 is 12.1 Å². The number of morpholine rings is 1. The quantitative estimate of drug-likeness (QED) is 0.348. The van der Waals surface area contributed by atoms with Crippen molar-refractivity contribution in [1.29, 1.82) is 0 Å². The Morgan fingerprint density at radius 2 is 1.87 bits per heavy atom. The number of anilines is 1. The first-order chi connectivity index (χ1) is 21.7. The third kappa shape index (κ3) is 6.20. The van der Waals surface area contributed by atoms with Crippen LogP contribution in [0.2, 0.25) is 0 Å². The van der Waals surface area contributed by atoms with Gasteiger partial charge in [0, 0.05) is 37.5 Å². The highest BCUT2D eigenvalue weighted by Gasteiger charge is 2.45. The number of benzene rings is 2. The van der Waals surface area contributed by atoms with Gasteiger partial charge in [-0.05, 0) is 73.1 Å². The minimum absolute atomic E-state index is 0.0235. The molecule has 0 radical (unpaired) electrons. The Kier molecular flexibility index (Phi) is 9.16. The average molecular weight is 646 g/mol. The molecule has 9 nitrogen and oxygen atoms in total. The van der Waals surface area contributed by atoms with Crippen LogP contribution >= 0.6 is 0 Å². The predicted octanol–water partition coefficient (Wildman–Crippen LogP) is 4.50. The number of aryl methyl sites for hydroxylation is 2. The zero-order valence-corrected chi connectivity index (χ0v) is 25.9. The molecule has 2 aromatic carbocycles. The van der Waals surface area contributed by atoms with Crippen molar-refractivity contribution < 1.29 is 41.7 Å². The Morgan fingerprint density at radius 3 is 2.52 bits per heavy atom. The minimum Gasteiger partial charge on any atom is -0.496 e. The molecule has 0 unspecified atom stereocenters. The number of methoxy groups -OCH3 is 1. The van der Waals surface area contributed by atoms with Crippen LogP contribution in [0.4, 0.5) is 23.2 Å². The summed E-state index contributed by atoms with van der Waals surface area (Å²) in [6.45, 7) is 2.48. The number of alkyl halides is 3. The summed E-state index contributed by atoms with van der Waals surface area (Å²) in [6, 6.07) is 4.02. The van der Waals surface area contributed by atoms with Crippen molar-refractivity contribution in [1.82, 2.24) is 9.88 Å². The normalized spacial score (nSPS) is 17.0. The second-order valence-corrected chi connectivity index (χ2v) is 11.7. The van der Waals surface area contributed by atoms with Crippen LogP contribution in [0.3, 0.4) is 0 Å².